The molecule has 0 aliphatic carbocycles. The molecule has 0 N–H and O–H groups in total. The van der Waals surface area contributed by atoms with Gasteiger partial charge in [-0.3, -0.25) is 4.79 Å². The van der Waals surface area contributed by atoms with Gasteiger partial charge in [-0.15, -0.1) is 0 Å². The first-order valence-electron chi connectivity index (χ1n) is 3.85. The van der Waals surface area contributed by atoms with Crippen molar-refractivity contribution < 1.29 is 0 Å². The molecule has 2 aromatic carbocycles. The van der Waals surface area contributed by atoms with Crippen molar-refractivity contribution in [3.63, 3.8) is 0 Å². The molecule has 0 unspecified atom stereocenters. The summed E-state index contributed by atoms with van der Waals surface area (Å²) in [6, 6.07) is 14.8. The summed E-state index contributed by atoms with van der Waals surface area (Å²) in [7, 11) is 0. The lowest BCUT2D eigenvalue weighted by atomic mass is 10.2. The van der Waals surface area contributed by atoms with E-state index in [2.05, 4.69) is 0 Å². The topological polar surface area (TPSA) is 17.1 Å². The Kier molecular flexibility index (Phi) is 1.63. The van der Waals surface area contributed by atoms with Gasteiger partial charge in [0.25, 0.3) is 0 Å². The third-order valence-electron chi connectivity index (χ3n) is 1.85. The van der Waals surface area contributed by atoms with Crippen LogP contribution in [0.15, 0.2) is 53.3 Å². The van der Waals surface area contributed by atoms with Crippen LogP contribution in [0.1, 0.15) is 0 Å². The standard InChI is InChI=1S/C11H8O/c12-11-7-5-9-3-1-2-4-10(9)6-8-11/h1-8H. The molecule has 58 valence electrons. The maximum absolute atomic E-state index is 11.0. The van der Waals surface area contributed by atoms with E-state index in [0.717, 1.165) is 10.8 Å². The van der Waals surface area contributed by atoms with Crippen LogP contribution in [0.4, 0.5) is 0 Å². The zero-order valence-corrected chi connectivity index (χ0v) is 6.53. The summed E-state index contributed by atoms with van der Waals surface area (Å²) in [5, 5.41) is 2.19. The van der Waals surface area contributed by atoms with Crippen LogP contribution in [0.2, 0.25) is 0 Å². The Balaban J connectivity index is 2.94. The van der Waals surface area contributed by atoms with Gasteiger partial charge in [0.2, 0.25) is 0 Å². The molecule has 0 heterocycles. The van der Waals surface area contributed by atoms with Gasteiger partial charge in [-0.2, -0.15) is 0 Å². The number of fused-ring (bicyclic) bond motifs is 1. The van der Waals surface area contributed by atoms with Gasteiger partial charge >= 0.3 is 0 Å². The van der Waals surface area contributed by atoms with Crippen LogP contribution in [-0.4, -0.2) is 0 Å². The third kappa shape index (κ3) is 1.21. The summed E-state index contributed by atoms with van der Waals surface area (Å²) >= 11 is 0. The van der Waals surface area contributed by atoms with Gasteiger partial charge in [-0.05, 0) is 22.9 Å². The largest absolute Gasteiger partial charge is 0.290 e. The lowest BCUT2D eigenvalue weighted by molar-refractivity contribution is 1.68. The van der Waals surface area contributed by atoms with Crippen molar-refractivity contribution >= 4 is 10.8 Å². The lowest BCUT2D eigenvalue weighted by Crippen LogP contribution is -1.87. The number of benzene rings is 1. The number of hydrogen-bond donors (Lipinski definition) is 0. The highest BCUT2D eigenvalue weighted by atomic mass is 16.1. The van der Waals surface area contributed by atoms with Crippen LogP contribution in [0.5, 0.6) is 0 Å². The summed E-state index contributed by atoms with van der Waals surface area (Å²) in [6.07, 6.45) is 0. The van der Waals surface area contributed by atoms with Crippen LogP contribution in [-0.2, 0) is 0 Å². The fraction of sp³-hybridized carbons (Fsp3) is 0. The Morgan fingerprint density at radius 3 is 1.67 bits per heavy atom. The molecule has 0 atom stereocenters. The van der Waals surface area contributed by atoms with E-state index in [-0.39, 0.29) is 5.43 Å². The summed E-state index contributed by atoms with van der Waals surface area (Å²) < 4.78 is 0. The third-order valence-corrected chi connectivity index (χ3v) is 1.85. The maximum atomic E-state index is 11.0. The fourth-order valence-electron chi connectivity index (χ4n) is 1.21. The molecule has 2 rings (SSSR count). The van der Waals surface area contributed by atoms with Crippen molar-refractivity contribution in [1.82, 2.24) is 0 Å². The monoisotopic (exact) mass is 156 g/mol. The molecule has 0 bridgehead atoms. The average Bonchev–Trinajstić information content (AvgIpc) is 2.29. The van der Waals surface area contributed by atoms with Crippen LogP contribution < -0.4 is 5.43 Å². The summed E-state index contributed by atoms with van der Waals surface area (Å²) in [5.74, 6) is 0. The van der Waals surface area contributed by atoms with Crippen LogP contribution >= 0.6 is 0 Å². The van der Waals surface area contributed by atoms with Crippen LogP contribution in [0.25, 0.3) is 10.8 Å². The highest BCUT2D eigenvalue weighted by Gasteiger charge is 1.87. The zero-order chi connectivity index (χ0) is 8.39. The molecule has 12 heavy (non-hydrogen) atoms. The first kappa shape index (κ1) is 7.04. The second-order valence-corrected chi connectivity index (χ2v) is 2.70. The minimum Gasteiger partial charge on any atom is -0.290 e. The van der Waals surface area contributed by atoms with E-state index in [1.807, 2.05) is 36.4 Å². The van der Waals surface area contributed by atoms with Gasteiger partial charge in [-0.25, -0.2) is 0 Å². The fourth-order valence-corrected chi connectivity index (χ4v) is 1.21. The molecule has 0 spiro atoms. The molecule has 0 radical (unpaired) electrons. The lowest BCUT2D eigenvalue weighted by Gasteiger charge is -1.87. The minimum atomic E-state index is 0.0474. The predicted octanol–water partition coefficient (Wildman–Crippen LogP) is 2.20. The molecule has 0 aromatic heterocycles. The smallest absolute Gasteiger partial charge is 0.178 e. The quantitative estimate of drug-likeness (QED) is 0.571. The molecule has 2 aromatic rings. The van der Waals surface area contributed by atoms with Crippen molar-refractivity contribution in [2.45, 2.75) is 0 Å². The first-order chi connectivity index (χ1) is 5.86. The number of rotatable bonds is 0. The van der Waals surface area contributed by atoms with Gasteiger partial charge < -0.3 is 0 Å². The highest BCUT2D eigenvalue weighted by Crippen LogP contribution is 2.08. The summed E-state index contributed by atoms with van der Waals surface area (Å²) in [5.41, 5.74) is 0.0474. The van der Waals surface area contributed by atoms with E-state index in [4.69, 9.17) is 0 Å². The van der Waals surface area contributed by atoms with Crippen molar-refractivity contribution in [2.24, 2.45) is 0 Å². The van der Waals surface area contributed by atoms with Crippen molar-refractivity contribution in [1.29, 1.82) is 0 Å². The van der Waals surface area contributed by atoms with Gasteiger partial charge in [0, 0.05) is 0 Å². The Morgan fingerprint density at radius 1 is 0.667 bits per heavy atom. The van der Waals surface area contributed by atoms with Gasteiger partial charge in [0.05, 0.1) is 0 Å². The SMILES string of the molecule is O=c1ccc2ccccc2cc1. The van der Waals surface area contributed by atoms with Crippen LogP contribution in [0, 0.1) is 0 Å². The molecule has 0 aliphatic rings. The normalized spacial score (nSPS) is 10.0. The Labute approximate surface area is 70.3 Å². The van der Waals surface area contributed by atoms with E-state index in [9.17, 15) is 4.79 Å². The molecule has 0 amide bonds. The van der Waals surface area contributed by atoms with Crippen molar-refractivity contribution in [3.8, 4) is 0 Å². The first-order valence-corrected chi connectivity index (χ1v) is 3.85. The maximum Gasteiger partial charge on any atom is 0.178 e. The molecule has 0 aliphatic heterocycles. The van der Waals surface area contributed by atoms with E-state index >= 15 is 0 Å². The molecule has 0 fully saturated rings. The molecule has 0 saturated heterocycles. The molecule has 1 heteroatoms. The van der Waals surface area contributed by atoms with E-state index in [1.54, 1.807) is 12.1 Å². The van der Waals surface area contributed by atoms with E-state index in [0.29, 0.717) is 0 Å². The minimum absolute atomic E-state index is 0.0474. The Hall–Kier alpha value is -1.63. The van der Waals surface area contributed by atoms with Crippen molar-refractivity contribution in [3.05, 3.63) is 58.8 Å². The Bertz CT molecular complexity index is 419. The van der Waals surface area contributed by atoms with Gasteiger partial charge in [0.1, 0.15) is 0 Å². The van der Waals surface area contributed by atoms with Crippen molar-refractivity contribution in [2.75, 3.05) is 0 Å². The number of hydrogen-bond acceptors (Lipinski definition) is 1. The second-order valence-electron chi connectivity index (χ2n) is 2.70. The molecule has 0 saturated carbocycles. The highest BCUT2D eigenvalue weighted by molar-refractivity contribution is 5.81. The summed E-state index contributed by atoms with van der Waals surface area (Å²) in [6.45, 7) is 0. The van der Waals surface area contributed by atoms with E-state index < -0.39 is 0 Å². The average molecular weight is 156 g/mol. The molecular weight excluding hydrogens is 148 g/mol. The zero-order valence-electron chi connectivity index (χ0n) is 6.53. The predicted molar refractivity (Wildman–Crippen MR) is 50.2 cm³/mol. The van der Waals surface area contributed by atoms with E-state index in [1.165, 1.54) is 0 Å². The van der Waals surface area contributed by atoms with Crippen LogP contribution in [0.3, 0.4) is 0 Å². The molecular formula is C11H8O. The van der Waals surface area contributed by atoms with Gasteiger partial charge in [-0.1, -0.05) is 36.4 Å². The molecule has 1 nitrogen and oxygen atoms in total. The van der Waals surface area contributed by atoms with Gasteiger partial charge in [0.15, 0.2) is 5.43 Å². The second kappa shape index (κ2) is 2.78. The summed E-state index contributed by atoms with van der Waals surface area (Å²) in [4.78, 5) is 11.0. The Morgan fingerprint density at radius 2 is 1.17 bits per heavy atom.